The molecule has 0 bridgehead atoms. The fourth-order valence-electron chi connectivity index (χ4n) is 1.61. The van der Waals surface area contributed by atoms with Gasteiger partial charge in [-0.05, 0) is 12.0 Å². The van der Waals surface area contributed by atoms with E-state index in [0.29, 0.717) is 13.2 Å². The van der Waals surface area contributed by atoms with Crippen LogP contribution in [0.5, 0.6) is 0 Å². The average Bonchev–Trinajstić information content (AvgIpc) is 2.30. The molecule has 1 aromatic carbocycles. The lowest BCUT2D eigenvalue weighted by atomic mass is 10.2. The molecule has 0 aliphatic carbocycles. The smallest absolute Gasteiger partial charge is 0.404 e. The van der Waals surface area contributed by atoms with Crippen LogP contribution in [-0.2, 0) is 11.3 Å². The highest BCUT2D eigenvalue weighted by Crippen LogP contribution is 2.03. The highest BCUT2D eigenvalue weighted by Gasteiger charge is 2.10. The second-order valence-electron chi connectivity index (χ2n) is 3.94. The van der Waals surface area contributed by atoms with Gasteiger partial charge in [0, 0.05) is 0 Å². The minimum atomic E-state index is -0.994. The van der Waals surface area contributed by atoms with Crippen LogP contribution in [0.3, 0.4) is 0 Å². The zero-order valence-corrected chi connectivity index (χ0v) is 10.1. The van der Waals surface area contributed by atoms with E-state index in [9.17, 15) is 4.79 Å². The van der Waals surface area contributed by atoms with Gasteiger partial charge in [0.05, 0.1) is 19.3 Å². The largest absolute Gasteiger partial charge is 0.465 e. The molecule has 17 heavy (non-hydrogen) atoms. The van der Waals surface area contributed by atoms with Crippen molar-refractivity contribution >= 4 is 6.09 Å². The summed E-state index contributed by atoms with van der Waals surface area (Å²) in [4.78, 5) is 10.6. The number of benzene rings is 1. The van der Waals surface area contributed by atoms with Crippen molar-refractivity contribution in [1.29, 1.82) is 0 Å². The molecule has 0 heterocycles. The Morgan fingerprint density at radius 1 is 1.41 bits per heavy atom. The summed E-state index contributed by atoms with van der Waals surface area (Å²) in [6, 6.07) is 9.71. The number of hydrogen-bond donors (Lipinski definition) is 2. The van der Waals surface area contributed by atoms with E-state index in [-0.39, 0.29) is 6.04 Å². The SMILES string of the molecule is CCCC(COCc1ccccc1)NC(=O)O. The minimum absolute atomic E-state index is 0.124. The fraction of sp³-hybridized carbons (Fsp3) is 0.462. The highest BCUT2D eigenvalue weighted by atomic mass is 16.5. The molecule has 0 radical (unpaired) electrons. The molecule has 0 saturated carbocycles. The van der Waals surface area contributed by atoms with E-state index >= 15 is 0 Å². The van der Waals surface area contributed by atoms with Gasteiger partial charge in [-0.15, -0.1) is 0 Å². The molecule has 1 unspecified atom stereocenters. The van der Waals surface area contributed by atoms with Crippen molar-refractivity contribution in [2.24, 2.45) is 0 Å². The Kier molecular flexibility index (Phi) is 6.10. The monoisotopic (exact) mass is 237 g/mol. The van der Waals surface area contributed by atoms with E-state index in [1.165, 1.54) is 0 Å². The van der Waals surface area contributed by atoms with E-state index in [0.717, 1.165) is 18.4 Å². The first-order chi connectivity index (χ1) is 8.22. The van der Waals surface area contributed by atoms with Crippen LogP contribution in [0.25, 0.3) is 0 Å². The van der Waals surface area contributed by atoms with E-state index < -0.39 is 6.09 Å². The van der Waals surface area contributed by atoms with Crippen LogP contribution in [0.15, 0.2) is 30.3 Å². The molecule has 4 nitrogen and oxygen atoms in total. The summed E-state index contributed by atoms with van der Waals surface area (Å²) in [7, 11) is 0. The Hall–Kier alpha value is -1.55. The summed E-state index contributed by atoms with van der Waals surface area (Å²) in [5, 5.41) is 11.1. The number of amides is 1. The zero-order chi connectivity index (χ0) is 12.5. The summed E-state index contributed by atoms with van der Waals surface area (Å²) < 4.78 is 5.51. The van der Waals surface area contributed by atoms with Crippen molar-refractivity contribution < 1.29 is 14.6 Å². The van der Waals surface area contributed by atoms with E-state index in [1.54, 1.807) is 0 Å². The number of rotatable bonds is 7. The average molecular weight is 237 g/mol. The lowest BCUT2D eigenvalue weighted by Crippen LogP contribution is -2.37. The molecule has 0 fully saturated rings. The highest BCUT2D eigenvalue weighted by molar-refractivity contribution is 5.64. The number of carboxylic acid groups (broad SMARTS) is 1. The van der Waals surface area contributed by atoms with Gasteiger partial charge in [0.2, 0.25) is 0 Å². The molecule has 94 valence electrons. The van der Waals surface area contributed by atoms with Crippen molar-refractivity contribution in [3.63, 3.8) is 0 Å². The summed E-state index contributed by atoms with van der Waals surface area (Å²) in [5.41, 5.74) is 1.10. The second-order valence-corrected chi connectivity index (χ2v) is 3.94. The predicted octanol–water partition coefficient (Wildman–Crippen LogP) is 2.64. The van der Waals surface area contributed by atoms with E-state index in [1.807, 2.05) is 37.3 Å². The molecule has 1 amide bonds. The zero-order valence-electron chi connectivity index (χ0n) is 10.1. The number of carbonyl (C=O) groups is 1. The van der Waals surface area contributed by atoms with Crippen LogP contribution in [0.4, 0.5) is 4.79 Å². The molecular weight excluding hydrogens is 218 g/mol. The van der Waals surface area contributed by atoms with Crippen LogP contribution >= 0.6 is 0 Å². The lowest BCUT2D eigenvalue weighted by molar-refractivity contribution is 0.0940. The molecule has 1 rings (SSSR count). The Morgan fingerprint density at radius 2 is 2.12 bits per heavy atom. The fourth-order valence-corrected chi connectivity index (χ4v) is 1.61. The molecule has 0 aliphatic heterocycles. The number of ether oxygens (including phenoxy) is 1. The third kappa shape index (κ3) is 5.92. The van der Waals surface area contributed by atoms with Crippen LogP contribution in [-0.4, -0.2) is 23.8 Å². The van der Waals surface area contributed by atoms with Crippen molar-refractivity contribution in [2.75, 3.05) is 6.61 Å². The molecule has 0 aromatic heterocycles. The van der Waals surface area contributed by atoms with E-state index in [4.69, 9.17) is 9.84 Å². The Bertz CT molecular complexity index is 327. The van der Waals surface area contributed by atoms with Crippen LogP contribution in [0, 0.1) is 0 Å². The Morgan fingerprint density at radius 3 is 2.71 bits per heavy atom. The molecule has 1 atom stereocenters. The molecule has 0 spiro atoms. The van der Waals surface area contributed by atoms with Gasteiger partial charge in [0.1, 0.15) is 0 Å². The van der Waals surface area contributed by atoms with Gasteiger partial charge in [-0.3, -0.25) is 0 Å². The summed E-state index contributed by atoms with van der Waals surface area (Å²) >= 11 is 0. The lowest BCUT2D eigenvalue weighted by Gasteiger charge is -2.16. The van der Waals surface area contributed by atoms with Gasteiger partial charge < -0.3 is 15.2 Å². The maximum Gasteiger partial charge on any atom is 0.404 e. The van der Waals surface area contributed by atoms with Crippen LogP contribution in [0.2, 0.25) is 0 Å². The quantitative estimate of drug-likeness (QED) is 0.766. The minimum Gasteiger partial charge on any atom is -0.465 e. The predicted molar refractivity (Wildman–Crippen MR) is 66.0 cm³/mol. The molecular formula is C13H19NO3. The van der Waals surface area contributed by atoms with Crippen molar-refractivity contribution in [3.05, 3.63) is 35.9 Å². The van der Waals surface area contributed by atoms with Gasteiger partial charge in [-0.1, -0.05) is 43.7 Å². The third-order valence-corrected chi connectivity index (χ3v) is 2.40. The third-order valence-electron chi connectivity index (χ3n) is 2.40. The standard InChI is InChI=1S/C13H19NO3/c1-2-6-12(14-13(15)16)10-17-9-11-7-4-3-5-8-11/h3-5,7-8,12,14H,2,6,9-10H2,1H3,(H,15,16). The topological polar surface area (TPSA) is 58.6 Å². The van der Waals surface area contributed by atoms with Gasteiger partial charge in [0.15, 0.2) is 0 Å². The van der Waals surface area contributed by atoms with Gasteiger partial charge in [-0.25, -0.2) is 4.79 Å². The molecule has 2 N–H and O–H groups in total. The maximum atomic E-state index is 10.6. The van der Waals surface area contributed by atoms with Crippen LogP contribution < -0.4 is 5.32 Å². The summed E-state index contributed by atoms with van der Waals surface area (Å²) in [6.07, 6.45) is 0.729. The Balaban J connectivity index is 2.29. The van der Waals surface area contributed by atoms with Crippen LogP contribution in [0.1, 0.15) is 25.3 Å². The first kappa shape index (κ1) is 13.5. The van der Waals surface area contributed by atoms with E-state index in [2.05, 4.69) is 5.32 Å². The van der Waals surface area contributed by atoms with Crippen molar-refractivity contribution in [2.45, 2.75) is 32.4 Å². The van der Waals surface area contributed by atoms with Gasteiger partial charge >= 0.3 is 6.09 Å². The normalized spacial score (nSPS) is 12.1. The first-order valence-electron chi connectivity index (χ1n) is 5.83. The molecule has 0 saturated heterocycles. The maximum absolute atomic E-state index is 10.6. The molecule has 1 aromatic rings. The first-order valence-corrected chi connectivity index (χ1v) is 5.83. The number of nitrogens with one attached hydrogen (secondary N) is 1. The van der Waals surface area contributed by atoms with Gasteiger partial charge in [0.25, 0.3) is 0 Å². The van der Waals surface area contributed by atoms with Crippen molar-refractivity contribution in [3.8, 4) is 0 Å². The number of hydrogen-bond acceptors (Lipinski definition) is 2. The second kappa shape index (κ2) is 7.68. The summed E-state index contributed by atoms with van der Waals surface area (Å²) in [6.45, 7) is 2.95. The summed E-state index contributed by atoms with van der Waals surface area (Å²) in [5.74, 6) is 0. The Labute approximate surface area is 102 Å². The van der Waals surface area contributed by atoms with Crippen molar-refractivity contribution in [1.82, 2.24) is 5.32 Å². The molecule has 4 heteroatoms. The molecule has 0 aliphatic rings. The van der Waals surface area contributed by atoms with Gasteiger partial charge in [-0.2, -0.15) is 0 Å².